The summed E-state index contributed by atoms with van der Waals surface area (Å²) >= 11 is 1.56. The Balaban J connectivity index is 1.65. The third kappa shape index (κ3) is 3.45. The molecule has 0 aliphatic heterocycles. The Labute approximate surface area is 156 Å². The first-order valence-electron chi connectivity index (χ1n) is 9.00. The predicted octanol–water partition coefficient (Wildman–Crippen LogP) is 3.73. The smallest absolute Gasteiger partial charge is 0.148 e. The van der Waals surface area contributed by atoms with Crippen LogP contribution in [0.2, 0.25) is 0 Å². The summed E-state index contributed by atoms with van der Waals surface area (Å²) in [6.07, 6.45) is 2.14. The molecule has 0 spiro atoms. The average Bonchev–Trinajstić information content (AvgIpc) is 3.08. The second-order valence-corrected chi connectivity index (χ2v) is 8.10. The zero-order chi connectivity index (χ0) is 18.1. The molecule has 0 radical (unpaired) electrons. The predicted molar refractivity (Wildman–Crippen MR) is 104 cm³/mol. The Morgan fingerprint density at radius 1 is 1.19 bits per heavy atom. The van der Waals surface area contributed by atoms with Gasteiger partial charge in [0.2, 0.25) is 0 Å². The number of nitrogens with one attached hydrogen (secondary N) is 1. The number of nitrogens with zero attached hydrogens (tertiary/aromatic N) is 2. The molecule has 3 N–H and O–H groups in total. The van der Waals surface area contributed by atoms with Gasteiger partial charge in [0.05, 0.1) is 21.9 Å². The summed E-state index contributed by atoms with van der Waals surface area (Å²) in [5.74, 6) is 1.52. The van der Waals surface area contributed by atoms with E-state index in [0.717, 1.165) is 20.9 Å². The highest BCUT2D eigenvalue weighted by atomic mass is 32.1. The highest BCUT2D eigenvalue weighted by Gasteiger charge is 2.36. The van der Waals surface area contributed by atoms with Crippen LogP contribution < -0.4 is 5.32 Å². The maximum Gasteiger partial charge on any atom is 0.148 e. The zero-order valence-electron chi connectivity index (χ0n) is 14.8. The van der Waals surface area contributed by atoms with E-state index in [0.29, 0.717) is 38.1 Å². The van der Waals surface area contributed by atoms with E-state index in [-0.39, 0.29) is 6.10 Å². The normalized spacial score (nSPS) is 23.3. The summed E-state index contributed by atoms with van der Waals surface area (Å²) in [4.78, 5) is 10.0. The molecule has 1 aliphatic rings. The number of aromatic nitrogens is 2. The van der Waals surface area contributed by atoms with Gasteiger partial charge in [-0.25, -0.2) is 9.97 Å². The van der Waals surface area contributed by atoms with Crippen molar-refractivity contribution < 1.29 is 10.2 Å². The average molecular weight is 369 g/mol. The van der Waals surface area contributed by atoms with E-state index >= 15 is 0 Å². The number of hydrogen-bond donors (Lipinski definition) is 3. The van der Waals surface area contributed by atoms with E-state index in [2.05, 4.69) is 27.4 Å². The molecule has 2 heterocycles. The molecule has 1 aromatic carbocycles. The first kappa shape index (κ1) is 17.4. The number of thiophene rings is 1. The van der Waals surface area contributed by atoms with Gasteiger partial charge in [-0.05, 0) is 44.2 Å². The minimum Gasteiger partial charge on any atom is -0.393 e. The van der Waals surface area contributed by atoms with Gasteiger partial charge in [0.1, 0.15) is 11.6 Å². The van der Waals surface area contributed by atoms with Crippen LogP contribution in [0, 0.1) is 6.92 Å². The molecule has 0 unspecified atom stereocenters. The zero-order valence-corrected chi connectivity index (χ0v) is 15.6. The van der Waals surface area contributed by atoms with E-state index in [1.165, 1.54) is 5.56 Å². The van der Waals surface area contributed by atoms with Gasteiger partial charge in [-0.1, -0.05) is 30.3 Å². The Morgan fingerprint density at radius 3 is 2.65 bits per heavy atom. The molecule has 0 saturated heterocycles. The Kier molecular flexibility index (Phi) is 4.65. The molecule has 3 aromatic rings. The van der Waals surface area contributed by atoms with Crippen molar-refractivity contribution in [1.82, 2.24) is 9.97 Å². The van der Waals surface area contributed by atoms with Crippen LogP contribution in [0.5, 0.6) is 0 Å². The molecule has 1 aliphatic carbocycles. The summed E-state index contributed by atoms with van der Waals surface area (Å²) in [6.45, 7) is 2.58. The fraction of sp³-hybridized carbons (Fsp3) is 0.400. The highest BCUT2D eigenvalue weighted by Crippen LogP contribution is 2.43. The van der Waals surface area contributed by atoms with E-state index < -0.39 is 5.60 Å². The topological polar surface area (TPSA) is 78.3 Å². The van der Waals surface area contributed by atoms with Crippen LogP contribution in [0.4, 0.5) is 5.82 Å². The highest BCUT2D eigenvalue weighted by molar-refractivity contribution is 7.19. The Hall–Kier alpha value is -2.02. The lowest BCUT2D eigenvalue weighted by Crippen LogP contribution is -2.32. The fourth-order valence-electron chi connectivity index (χ4n) is 3.50. The summed E-state index contributed by atoms with van der Waals surface area (Å²) in [5.41, 5.74) is 1.19. The second kappa shape index (κ2) is 6.95. The molecular weight excluding hydrogens is 346 g/mol. The molecule has 1 saturated carbocycles. The van der Waals surface area contributed by atoms with E-state index in [1.54, 1.807) is 11.3 Å². The van der Waals surface area contributed by atoms with Crippen molar-refractivity contribution in [2.45, 2.75) is 50.9 Å². The summed E-state index contributed by atoms with van der Waals surface area (Å²) < 4.78 is 0.973. The molecule has 0 bridgehead atoms. The standard InChI is InChI=1S/C20H23N3O2S/c1-13-22-16-11-17(20(25)9-7-15(24)8-10-20)26-18(16)19(23-13)21-12-14-5-3-2-4-6-14/h2-6,11,15,24-25H,7-10,12H2,1H3,(H,21,22,23). The van der Waals surface area contributed by atoms with Crippen LogP contribution in [0.3, 0.4) is 0 Å². The molecule has 136 valence electrons. The number of aliphatic hydroxyl groups excluding tert-OH is 1. The SMILES string of the molecule is Cc1nc(NCc2ccccc2)c2sc(C3(O)CCC(O)CC3)cc2n1. The Morgan fingerprint density at radius 2 is 1.92 bits per heavy atom. The lowest BCUT2D eigenvalue weighted by Gasteiger charge is -2.33. The third-order valence-corrected chi connectivity index (χ3v) is 6.35. The van der Waals surface area contributed by atoms with Gasteiger partial charge >= 0.3 is 0 Å². The van der Waals surface area contributed by atoms with Gasteiger partial charge in [0, 0.05) is 11.4 Å². The van der Waals surface area contributed by atoms with Crippen molar-refractivity contribution in [2.75, 3.05) is 5.32 Å². The van der Waals surface area contributed by atoms with Crippen LogP contribution in [0.25, 0.3) is 10.2 Å². The molecule has 6 heteroatoms. The van der Waals surface area contributed by atoms with Crippen molar-refractivity contribution in [1.29, 1.82) is 0 Å². The van der Waals surface area contributed by atoms with Gasteiger partial charge in [0.15, 0.2) is 0 Å². The number of benzene rings is 1. The van der Waals surface area contributed by atoms with Crippen LogP contribution in [-0.2, 0) is 12.1 Å². The van der Waals surface area contributed by atoms with Gasteiger partial charge in [-0.2, -0.15) is 0 Å². The molecule has 0 atom stereocenters. The minimum atomic E-state index is -0.866. The van der Waals surface area contributed by atoms with E-state index in [9.17, 15) is 10.2 Å². The minimum absolute atomic E-state index is 0.296. The number of anilines is 1. The molecule has 2 aromatic heterocycles. The van der Waals surface area contributed by atoms with Crippen LogP contribution in [0.15, 0.2) is 36.4 Å². The van der Waals surface area contributed by atoms with E-state index in [4.69, 9.17) is 0 Å². The number of aliphatic hydroxyl groups is 2. The van der Waals surface area contributed by atoms with Gasteiger partial charge in [-0.15, -0.1) is 11.3 Å². The van der Waals surface area contributed by atoms with Crippen molar-refractivity contribution in [3.8, 4) is 0 Å². The molecule has 0 amide bonds. The van der Waals surface area contributed by atoms with Crippen LogP contribution >= 0.6 is 11.3 Å². The summed E-state index contributed by atoms with van der Waals surface area (Å²) in [6, 6.07) is 12.2. The van der Waals surface area contributed by atoms with Crippen molar-refractivity contribution >= 4 is 27.4 Å². The fourth-order valence-corrected chi connectivity index (χ4v) is 4.71. The molecule has 1 fully saturated rings. The van der Waals surface area contributed by atoms with E-state index in [1.807, 2.05) is 31.2 Å². The third-order valence-electron chi connectivity index (χ3n) is 5.03. The molecule has 5 nitrogen and oxygen atoms in total. The maximum absolute atomic E-state index is 11.1. The first-order chi connectivity index (χ1) is 12.5. The first-order valence-corrected chi connectivity index (χ1v) is 9.82. The molecule has 26 heavy (non-hydrogen) atoms. The van der Waals surface area contributed by atoms with Crippen molar-refractivity contribution in [3.63, 3.8) is 0 Å². The summed E-state index contributed by atoms with van der Waals surface area (Å²) in [5, 5.41) is 24.2. The van der Waals surface area contributed by atoms with Crippen LogP contribution in [0.1, 0.15) is 41.9 Å². The molecular formula is C20H23N3O2S. The van der Waals surface area contributed by atoms with Crippen molar-refractivity contribution in [3.05, 3.63) is 52.7 Å². The monoisotopic (exact) mass is 369 g/mol. The molecule has 4 rings (SSSR count). The van der Waals surface area contributed by atoms with Crippen molar-refractivity contribution in [2.24, 2.45) is 0 Å². The van der Waals surface area contributed by atoms with Crippen LogP contribution in [-0.4, -0.2) is 26.3 Å². The van der Waals surface area contributed by atoms with Gasteiger partial charge in [-0.3, -0.25) is 0 Å². The number of hydrogen-bond acceptors (Lipinski definition) is 6. The summed E-state index contributed by atoms with van der Waals surface area (Å²) in [7, 11) is 0. The quantitative estimate of drug-likeness (QED) is 0.653. The lowest BCUT2D eigenvalue weighted by molar-refractivity contribution is -0.0334. The lowest BCUT2D eigenvalue weighted by atomic mass is 9.82. The number of fused-ring (bicyclic) bond motifs is 1. The maximum atomic E-state index is 11.1. The van der Waals surface area contributed by atoms with Gasteiger partial charge in [0.25, 0.3) is 0 Å². The Bertz CT molecular complexity index is 902. The van der Waals surface area contributed by atoms with Gasteiger partial charge < -0.3 is 15.5 Å². The number of rotatable bonds is 4. The number of aryl methyl sites for hydroxylation is 1. The largest absolute Gasteiger partial charge is 0.393 e. The second-order valence-electron chi connectivity index (χ2n) is 7.05.